The molecule has 0 amide bonds. The largest absolute Gasteiger partial charge is 0.441 e. The zero-order valence-corrected chi connectivity index (χ0v) is 10.9. The van der Waals surface area contributed by atoms with E-state index in [1.807, 2.05) is 25.8 Å². The van der Waals surface area contributed by atoms with Crippen LogP contribution in [0.25, 0.3) is 0 Å². The number of thioether (sulfide) groups is 1. The van der Waals surface area contributed by atoms with Crippen LogP contribution < -0.4 is 5.73 Å². The van der Waals surface area contributed by atoms with Crippen molar-refractivity contribution in [3.8, 4) is 0 Å². The second-order valence-electron chi connectivity index (χ2n) is 4.29. The molecule has 16 heavy (non-hydrogen) atoms. The molecule has 0 aromatic heterocycles. The SMILES string of the molecule is CC(C)C(N)CCN(C)CCSC(F)(F)F. The average molecular weight is 258 g/mol. The fraction of sp³-hybridized carbons (Fsp3) is 1.00. The summed E-state index contributed by atoms with van der Waals surface area (Å²) in [6.07, 6.45) is 0.824. The molecule has 1 atom stereocenters. The van der Waals surface area contributed by atoms with Gasteiger partial charge in [-0.3, -0.25) is 0 Å². The Labute approximate surface area is 99.7 Å². The Morgan fingerprint density at radius 2 is 1.81 bits per heavy atom. The number of rotatable bonds is 7. The van der Waals surface area contributed by atoms with Crippen molar-refractivity contribution < 1.29 is 13.2 Å². The van der Waals surface area contributed by atoms with Crippen LogP contribution in [0, 0.1) is 5.92 Å². The van der Waals surface area contributed by atoms with Gasteiger partial charge in [-0.15, -0.1) is 0 Å². The highest BCUT2D eigenvalue weighted by Gasteiger charge is 2.27. The molecule has 0 saturated carbocycles. The molecule has 0 bridgehead atoms. The molecule has 0 aromatic rings. The van der Waals surface area contributed by atoms with Crippen molar-refractivity contribution in [3.63, 3.8) is 0 Å². The van der Waals surface area contributed by atoms with Crippen LogP contribution >= 0.6 is 11.8 Å². The summed E-state index contributed by atoms with van der Waals surface area (Å²) in [4.78, 5) is 1.89. The highest BCUT2D eigenvalue weighted by Crippen LogP contribution is 2.29. The van der Waals surface area contributed by atoms with Gasteiger partial charge in [0.15, 0.2) is 0 Å². The van der Waals surface area contributed by atoms with Crippen LogP contribution in [-0.2, 0) is 0 Å². The predicted octanol–water partition coefficient (Wildman–Crippen LogP) is 2.54. The Kier molecular flexibility index (Phi) is 7.43. The van der Waals surface area contributed by atoms with Gasteiger partial charge in [-0.1, -0.05) is 13.8 Å². The summed E-state index contributed by atoms with van der Waals surface area (Å²) in [7, 11) is 1.82. The van der Waals surface area contributed by atoms with Gasteiger partial charge >= 0.3 is 5.51 Å². The minimum atomic E-state index is -4.12. The van der Waals surface area contributed by atoms with Gasteiger partial charge in [0, 0.05) is 18.3 Å². The van der Waals surface area contributed by atoms with E-state index in [1.54, 1.807) is 0 Å². The summed E-state index contributed by atoms with van der Waals surface area (Å²) in [5.41, 5.74) is 1.73. The first-order valence-electron chi connectivity index (χ1n) is 5.37. The van der Waals surface area contributed by atoms with E-state index < -0.39 is 5.51 Å². The van der Waals surface area contributed by atoms with Crippen molar-refractivity contribution in [2.45, 2.75) is 31.8 Å². The molecule has 2 nitrogen and oxygen atoms in total. The second-order valence-corrected chi connectivity index (χ2v) is 5.45. The van der Waals surface area contributed by atoms with Gasteiger partial charge in [0.05, 0.1) is 0 Å². The molecule has 0 aliphatic heterocycles. The van der Waals surface area contributed by atoms with Gasteiger partial charge in [-0.25, -0.2) is 0 Å². The molecule has 2 N–H and O–H groups in total. The number of nitrogens with zero attached hydrogens (tertiary/aromatic N) is 1. The second kappa shape index (κ2) is 7.40. The van der Waals surface area contributed by atoms with Crippen LogP contribution in [-0.4, -0.2) is 42.3 Å². The average Bonchev–Trinajstić information content (AvgIpc) is 2.11. The van der Waals surface area contributed by atoms with Crippen LogP contribution in [0.2, 0.25) is 0 Å². The van der Waals surface area contributed by atoms with Gasteiger partial charge in [0.2, 0.25) is 0 Å². The van der Waals surface area contributed by atoms with E-state index in [4.69, 9.17) is 5.73 Å². The lowest BCUT2D eigenvalue weighted by atomic mass is 10.0. The minimum Gasteiger partial charge on any atom is -0.327 e. The first-order valence-corrected chi connectivity index (χ1v) is 6.35. The Morgan fingerprint density at radius 3 is 2.25 bits per heavy atom. The van der Waals surface area contributed by atoms with E-state index in [9.17, 15) is 13.2 Å². The smallest absolute Gasteiger partial charge is 0.327 e. The molecular formula is C10H21F3N2S. The van der Waals surface area contributed by atoms with E-state index >= 15 is 0 Å². The van der Waals surface area contributed by atoms with Crippen molar-refractivity contribution in [2.24, 2.45) is 11.7 Å². The van der Waals surface area contributed by atoms with E-state index in [0.29, 0.717) is 12.5 Å². The number of halogens is 3. The third-order valence-electron chi connectivity index (χ3n) is 2.44. The quantitative estimate of drug-likeness (QED) is 0.761. The molecule has 0 spiro atoms. The van der Waals surface area contributed by atoms with Crippen molar-refractivity contribution in [3.05, 3.63) is 0 Å². The van der Waals surface area contributed by atoms with Crippen LogP contribution in [0.4, 0.5) is 13.2 Å². The molecule has 1 unspecified atom stereocenters. The van der Waals surface area contributed by atoms with Gasteiger partial charge in [-0.05, 0) is 37.7 Å². The topological polar surface area (TPSA) is 29.3 Å². The molecular weight excluding hydrogens is 237 g/mol. The lowest BCUT2D eigenvalue weighted by Gasteiger charge is -2.21. The first kappa shape index (κ1) is 16.1. The summed E-state index contributed by atoms with van der Waals surface area (Å²) in [5.74, 6) is 0.495. The van der Waals surface area contributed by atoms with Crippen LogP contribution in [0.15, 0.2) is 0 Å². The fourth-order valence-electron chi connectivity index (χ4n) is 1.13. The Hall–Kier alpha value is 0.0600. The summed E-state index contributed by atoms with van der Waals surface area (Å²) in [6.45, 7) is 5.28. The van der Waals surface area contributed by atoms with E-state index in [0.717, 1.165) is 13.0 Å². The number of hydrogen-bond acceptors (Lipinski definition) is 3. The van der Waals surface area contributed by atoms with E-state index in [1.165, 1.54) is 0 Å². The van der Waals surface area contributed by atoms with Crippen molar-refractivity contribution in [1.82, 2.24) is 4.90 Å². The molecule has 98 valence electrons. The third-order valence-corrected chi connectivity index (χ3v) is 3.15. The highest BCUT2D eigenvalue weighted by molar-refractivity contribution is 8.00. The van der Waals surface area contributed by atoms with Crippen molar-refractivity contribution in [1.29, 1.82) is 0 Å². The Bertz CT molecular complexity index is 185. The summed E-state index contributed by atoms with van der Waals surface area (Å²) < 4.78 is 35.6. The molecule has 6 heteroatoms. The number of alkyl halides is 3. The van der Waals surface area contributed by atoms with Crippen LogP contribution in [0.5, 0.6) is 0 Å². The lowest BCUT2D eigenvalue weighted by Crippen LogP contribution is -2.32. The molecule has 0 aliphatic rings. The fourth-order valence-corrected chi connectivity index (χ4v) is 1.77. The molecule has 0 aromatic carbocycles. The maximum absolute atomic E-state index is 11.9. The van der Waals surface area contributed by atoms with Gasteiger partial charge in [0.1, 0.15) is 0 Å². The monoisotopic (exact) mass is 258 g/mol. The molecule has 0 fully saturated rings. The molecule has 0 saturated heterocycles. The van der Waals surface area contributed by atoms with Crippen LogP contribution in [0.1, 0.15) is 20.3 Å². The van der Waals surface area contributed by atoms with E-state index in [2.05, 4.69) is 0 Å². The molecule has 0 radical (unpaired) electrons. The van der Waals surface area contributed by atoms with Crippen molar-refractivity contribution in [2.75, 3.05) is 25.9 Å². The zero-order chi connectivity index (χ0) is 12.8. The van der Waals surface area contributed by atoms with Gasteiger partial charge < -0.3 is 10.6 Å². The zero-order valence-electron chi connectivity index (χ0n) is 10.0. The summed E-state index contributed by atoms with van der Waals surface area (Å²) in [5, 5.41) is 0. The van der Waals surface area contributed by atoms with Gasteiger partial charge in [-0.2, -0.15) is 13.2 Å². The maximum Gasteiger partial charge on any atom is 0.441 e. The summed E-state index contributed by atoms with van der Waals surface area (Å²) >= 11 is 0.0295. The van der Waals surface area contributed by atoms with E-state index in [-0.39, 0.29) is 23.6 Å². The van der Waals surface area contributed by atoms with Gasteiger partial charge in [0.25, 0.3) is 0 Å². The van der Waals surface area contributed by atoms with Crippen molar-refractivity contribution >= 4 is 11.8 Å². The van der Waals surface area contributed by atoms with Crippen LogP contribution in [0.3, 0.4) is 0 Å². The summed E-state index contributed by atoms with van der Waals surface area (Å²) in [6, 6.07) is 0.123. The Morgan fingerprint density at radius 1 is 1.25 bits per heavy atom. The Balaban J connectivity index is 3.56. The minimum absolute atomic E-state index is 0.0295. The molecule has 0 rings (SSSR count). The third kappa shape index (κ3) is 9.30. The molecule has 0 heterocycles. The normalized spacial score (nSPS) is 14.8. The first-order chi connectivity index (χ1) is 7.22. The maximum atomic E-state index is 11.9. The number of hydrogen-bond donors (Lipinski definition) is 1. The molecule has 0 aliphatic carbocycles. The predicted molar refractivity (Wildman–Crippen MR) is 63.4 cm³/mol. The highest BCUT2D eigenvalue weighted by atomic mass is 32.2. The standard InChI is InChI=1S/C10H21F3N2S/c1-8(2)9(14)4-5-15(3)6-7-16-10(11,12)13/h8-9H,4-7,14H2,1-3H3. The lowest BCUT2D eigenvalue weighted by molar-refractivity contribution is -0.0328. The number of nitrogens with two attached hydrogens (primary N) is 1.